The van der Waals surface area contributed by atoms with Gasteiger partial charge in [0.15, 0.2) is 0 Å². The van der Waals surface area contributed by atoms with Gasteiger partial charge in [0, 0.05) is 135 Å². The quantitative estimate of drug-likeness (QED) is 0.222. The van der Waals surface area contributed by atoms with Gasteiger partial charge < -0.3 is 59.9 Å². The molecule has 0 aliphatic carbocycles. The van der Waals surface area contributed by atoms with Crippen LogP contribution in [-0.2, 0) is 47.9 Å². The van der Waals surface area contributed by atoms with Gasteiger partial charge in [-0.1, -0.05) is 166 Å². The summed E-state index contributed by atoms with van der Waals surface area (Å²) in [5.41, 5.74) is 3.04. The molecular formula is C73H136FN9O12. The molecule has 8 aliphatic heterocycles. The Morgan fingerprint density at radius 3 is 0.811 bits per heavy atom. The van der Waals surface area contributed by atoms with Crippen LogP contribution in [0.3, 0.4) is 0 Å². The van der Waals surface area contributed by atoms with E-state index in [-0.39, 0.29) is 110 Å². The lowest BCUT2D eigenvalue weighted by Crippen LogP contribution is -2.54. The third kappa shape index (κ3) is 32.5. The number of halogens is 1. The van der Waals surface area contributed by atoms with E-state index in [0.29, 0.717) is 76.6 Å². The second-order valence-electron chi connectivity index (χ2n) is 35.1. The zero-order valence-corrected chi connectivity index (χ0v) is 64.1. The van der Waals surface area contributed by atoms with Gasteiger partial charge in [0.1, 0.15) is 6.17 Å². The molecule has 95 heavy (non-hydrogen) atoms. The molecule has 9 amide bonds. The first-order chi connectivity index (χ1) is 43.1. The first-order valence-corrected chi connectivity index (χ1v) is 35.3. The highest BCUT2D eigenvalue weighted by molar-refractivity contribution is 5.86. The zero-order valence-electron chi connectivity index (χ0n) is 64.1. The molecule has 0 bridgehead atoms. The van der Waals surface area contributed by atoms with E-state index in [1.165, 1.54) is 38.5 Å². The zero-order chi connectivity index (χ0) is 73.6. The summed E-state index contributed by atoms with van der Waals surface area (Å²) in [4.78, 5) is 119. The molecule has 0 radical (unpaired) electrons. The minimum absolute atomic E-state index is 0.0476. The number of piperidine rings is 2. The van der Waals surface area contributed by atoms with E-state index >= 15 is 0 Å². The first kappa shape index (κ1) is 88.1. The fourth-order valence-corrected chi connectivity index (χ4v) is 10.9. The Balaban J connectivity index is 0.000000544. The highest BCUT2D eigenvalue weighted by atomic mass is 19.1. The molecular weight excluding hydrogens is 1210 g/mol. The van der Waals surface area contributed by atoms with Crippen molar-refractivity contribution in [1.82, 2.24) is 39.2 Å². The molecule has 8 saturated heterocycles. The molecule has 552 valence electrons. The van der Waals surface area contributed by atoms with Gasteiger partial charge in [0.2, 0.25) is 53.2 Å². The molecule has 8 rings (SSSR count). The van der Waals surface area contributed by atoms with Crippen molar-refractivity contribution < 1.29 is 62.5 Å². The predicted molar refractivity (Wildman–Crippen MR) is 375 cm³/mol. The molecule has 4 N–H and O–H groups in total. The first-order valence-electron chi connectivity index (χ1n) is 35.3. The van der Waals surface area contributed by atoms with Crippen molar-refractivity contribution in [2.75, 3.05) is 118 Å². The number of carbonyl (C=O) groups is 9. The van der Waals surface area contributed by atoms with Crippen LogP contribution in [0.5, 0.6) is 0 Å². The highest BCUT2D eigenvalue weighted by Gasteiger charge is 2.38. The Hall–Kier alpha value is -4.96. The highest BCUT2D eigenvalue weighted by Crippen LogP contribution is 2.28. The topological polar surface area (TPSA) is 255 Å². The Morgan fingerprint density at radius 2 is 0.547 bits per heavy atom. The number of nitrogens with two attached hydrogens (primary N) is 1. The smallest absolute Gasteiger partial charge is 0.228 e. The largest absolute Gasteiger partial charge is 0.393 e. The van der Waals surface area contributed by atoms with Crippen LogP contribution < -0.4 is 5.73 Å². The number of ether oxygens (including phenoxy) is 1. The van der Waals surface area contributed by atoms with Crippen molar-refractivity contribution in [3.63, 3.8) is 0 Å². The normalized spacial score (nSPS) is 20.6. The van der Waals surface area contributed by atoms with Crippen LogP contribution in [0.4, 0.5) is 4.39 Å². The second kappa shape index (κ2) is 37.8. The fourth-order valence-electron chi connectivity index (χ4n) is 10.9. The van der Waals surface area contributed by atoms with E-state index in [2.05, 4.69) is 0 Å². The maximum atomic E-state index is 12.3. The monoisotopic (exact) mass is 1350 g/mol. The summed E-state index contributed by atoms with van der Waals surface area (Å²) in [6.07, 6.45) is 8.77. The minimum Gasteiger partial charge on any atom is -0.393 e. The van der Waals surface area contributed by atoms with Gasteiger partial charge in [0.05, 0.1) is 44.4 Å². The molecule has 21 nitrogen and oxygen atoms in total. The van der Waals surface area contributed by atoms with Gasteiger partial charge >= 0.3 is 0 Å². The maximum absolute atomic E-state index is 12.3. The SMILES string of the molecule is CC(C)(C)C(=O)N1CC(F)C1.CC(C)(C)C(=O)N1CCC(C(N)=O)C1.CC(C)(C)C(=O)N1CCC(O)C1.CC(C)(C)C(=O)N1CCC(O)CC1.CC(C)(C)C(=O)N1CCC1.CC(C)(C)C(=O)N1CCCC1.CC(C)(C)C(=O)N1CCCCC1.CC(C)(C)C(=O)N1CCOCC1. The number of nitrogens with zero attached hydrogens (tertiary/aromatic N) is 8. The summed E-state index contributed by atoms with van der Waals surface area (Å²) in [5, 5.41) is 18.5. The molecule has 8 fully saturated rings. The lowest BCUT2D eigenvalue weighted by molar-refractivity contribution is -0.147. The lowest BCUT2D eigenvalue weighted by atomic mass is 9.93. The van der Waals surface area contributed by atoms with E-state index in [9.17, 15) is 57.8 Å². The average molecular weight is 1350 g/mol. The van der Waals surface area contributed by atoms with E-state index in [0.717, 1.165) is 71.6 Å². The molecule has 0 aromatic rings. The van der Waals surface area contributed by atoms with Crippen molar-refractivity contribution in [3.8, 4) is 0 Å². The number of aliphatic hydroxyl groups is 2. The van der Waals surface area contributed by atoms with E-state index in [4.69, 9.17) is 10.5 Å². The summed E-state index contributed by atoms with van der Waals surface area (Å²) < 4.78 is 17.5. The van der Waals surface area contributed by atoms with Crippen LogP contribution in [-0.4, -0.2) is 239 Å². The number of aliphatic hydroxyl groups excluding tert-OH is 2. The van der Waals surface area contributed by atoms with Crippen LogP contribution in [0.25, 0.3) is 0 Å². The van der Waals surface area contributed by atoms with E-state index in [1.54, 1.807) is 14.7 Å². The molecule has 0 saturated carbocycles. The Labute approximate surface area is 574 Å². The molecule has 8 aliphatic rings. The maximum Gasteiger partial charge on any atom is 0.228 e. The molecule has 0 spiro atoms. The number of hydrogen-bond acceptors (Lipinski definition) is 12. The number of alkyl halides is 1. The van der Waals surface area contributed by atoms with E-state index < -0.39 is 6.17 Å². The Morgan fingerprint density at radius 1 is 0.305 bits per heavy atom. The van der Waals surface area contributed by atoms with Crippen LogP contribution in [0.2, 0.25) is 0 Å². The molecule has 2 unspecified atom stereocenters. The van der Waals surface area contributed by atoms with Crippen LogP contribution in [0, 0.1) is 49.2 Å². The Bertz CT molecular complexity index is 2340. The van der Waals surface area contributed by atoms with Gasteiger partial charge in [-0.3, -0.25) is 43.2 Å². The second-order valence-corrected chi connectivity index (χ2v) is 35.1. The lowest BCUT2D eigenvalue weighted by Gasteiger charge is -2.38. The van der Waals surface area contributed by atoms with Gasteiger partial charge in [-0.15, -0.1) is 0 Å². The number of carbonyl (C=O) groups excluding carboxylic acids is 9. The van der Waals surface area contributed by atoms with Gasteiger partial charge in [-0.05, 0) is 64.2 Å². The Kier molecular flexibility index (Phi) is 35.1. The van der Waals surface area contributed by atoms with Crippen molar-refractivity contribution in [1.29, 1.82) is 0 Å². The fraction of sp³-hybridized carbons (Fsp3) is 0.877. The minimum atomic E-state index is -0.790. The summed E-state index contributed by atoms with van der Waals surface area (Å²) in [5.74, 6) is 1.16. The van der Waals surface area contributed by atoms with Crippen LogP contribution >= 0.6 is 0 Å². The van der Waals surface area contributed by atoms with Gasteiger partial charge in [-0.25, -0.2) is 4.39 Å². The number of morpholine rings is 1. The van der Waals surface area contributed by atoms with Crippen molar-refractivity contribution in [3.05, 3.63) is 0 Å². The standard InChI is InChI=1S/C10H18N2O2.C10H19NO2.C10H19NO.2C9H17NO2.C9H17NO.C8H14FNO.C8H15NO/c1-10(2,3)9(14)12-5-4-7(6-12)8(11)13;1-10(2,3)9(13)11-6-4-8(12)5-7-11;1-10(2,3)9(12)11-7-5-4-6-8-11;1-9(2,3)8(11)10-4-6-12-7-5-10;1-9(2,3)8(12)10-5-4-7(11)6-10;1-9(2,3)8(11)10-6-4-5-7-10;1-8(2,3)7(11)10-4-6(9)5-10;1-8(2,3)7(10)9-5-4-6-9/h7H,4-6H2,1-3H3,(H2,11,13);8,12H,4-7H2,1-3H3;4-8H2,1-3H3;4-7H2,1-3H3;7,11H,4-6H2,1-3H3;4-7H2,1-3H3;6H,4-5H2,1-3H3;4-6H2,1-3H3. The molecule has 8 heterocycles. The summed E-state index contributed by atoms with van der Waals surface area (Å²) in [7, 11) is 0. The summed E-state index contributed by atoms with van der Waals surface area (Å²) in [6.45, 7) is 59.4. The van der Waals surface area contributed by atoms with E-state index in [1.807, 2.05) is 191 Å². The number of β-amino-alcohol motifs (C(OH)–C–C–N with tert-alkyl or cyclic N) is 1. The van der Waals surface area contributed by atoms with Crippen molar-refractivity contribution in [2.24, 2.45) is 55.0 Å². The summed E-state index contributed by atoms with van der Waals surface area (Å²) >= 11 is 0. The number of hydrogen-bond donors (Lipinski definition) is 3. The third-order valence-electron chi connectivity index (χ3n) is 16.8. The van der Waals surface area contributed by atoms with Crippen molar-refractivity contribution in [2.45, 2.75) is 249 Å². The average Bonchev–Trinajstić information content (AvgIpc) is 1.64. The van der Waals surface area contributed by atoms with Crippen LogP contribution in [0.1, 0.15) is 230 Å². The molecule has 0 aromatic heterocycles. The molecule has 2 atom stereocenters. The predicted octanol–water partition coefficient (Wildman–Crippen LogP) is 9.08. The van der Waals surface area contributed by atoms with Gasteiger partial charge in [0.25, 0.3) is 0 Å². The molecule has 0 aromatic carbocycles. The van der Waals surface area contributed by atoms with Gasteiger partial charge in [-0.2, -0.15) is 0 Å². The number of primary amides is 1. The number of likely N-dealkylation sites (tertiary alicyclic amines) is 7. The summed E-state index contributed by atoms with van der Waals surface area (Å²) in [6, 6.07) is 0. The van der Waals surface area contributed by atoms with Crippen molar-refractivity contribution >= 4 is 53.2 Å². The third-order valence-corrected chi connectivity index (χ3v) is 16.8. The molecule has 22 heteroatoms. The number of amides is 9. The number of rotatable bonds is 1. The van der Waals surface area contributed by atoms with Crippen LogP contribution in [0.15, 0.2) is 0 Å².